The van der Waals surface area contributed by atoms with E-state index in [0.717, 1.165) is 46.6 Å². The Bertz CT molecular complexity index is 980. The molecule has 0 radical (unpaired) electrons. The summed E-state index contributed by atoms with van der Waals surface area (Å²) in [5, 5.41) is 10.00. The molecule has 0 amide bonds. The Balaban J connectivity index is 1.66. The fourth-order valence-corrected chi connectivity index (χ4v) is 4.76. The second kappa shape index (κ2) is 9.14. The number of carbonyl (C=O) groups is 1. The Morgan fingerprint density at radius 1 is 1.16 bits per heavy atom. The third-order valence-electron chi connectivity index (χ3n) is 6.69. The van der Waals surface area contributed by atoms with Crippen molar-refractivity contribution in [3.63, 3.8) is 0 Å². The number of esters is 1. The number of benzene rings is 2. The van der Waals surface area contributed by atoms with Crippen LogP contribution in [0.2, 0.25) is 0 Å². The van der Waals surface area contributed by atoms with Crippen LogP contribution < -0.4 is 9.47 Å². The van der Waals surface area contributed by atoms with E-state index in [1.54, 1.807) is 0 Å². The summed E-state index contributed by atoms with van der Waals surface area (Å²) in [6.45, 7) is 8.96. The molecule has 0 bridgehead atoms. The minimum absolute atomic E-state index is 0.0872. The first-order chi connectivity index (χ1) is 15.2. The average molecular weight is 439 g/mol. The summed E-state index contributed by atoms with van der Waals surface area (Å²) in [6.07, 6.45) is 2.91. The van der Waals surface area contributed by atoms with Crippen LogP contribution in [-0.4, -0.2) is 28.9 Å². The first-order valence-electron chi connectivity index (χ1n) is 11.6. The fraction of sp³-hybridized carbons (Fsp3) is 0.519. The highest BCUT2D eigenvalue weighted by atomic mass is 16.5. The molecule has 2 atom stereocenters. The molecule has 32 heavy (non-hydrogen) atoms. The molecule has 0 spiro atoms. The molecule has 2 heterocycles. The van der Waals surface area contributed by atoms with Crippen molar-refractivity contribution in [2.45, 2.75) is 90.6 Å². The first-order valence-corrected chi connectivity index (χ1v) is 11.6. The topological polar surface area (TPSA) is 65.0 Å². The second-order valence-corrected chi connectivity index (χ2v) is 9.75. The SMILES string of the molecule is Cc1c(C)c2c(c(CC[C@@H]3C[C@@H](O)CC(=O)O3)c1OCc1ccccc1)CCC(C)(C)O2. The van der Waals surface area contributed by atoms with E-state index in [2.05, 4.69) is 39.8 Å². The van der Waals surface area contributed by atoms with Crippen molar-refractivity contribution in [3.05, 3.63) is 58.1 Å². The van der Waals surface area contributed by atoms with Gasteiger partial charge in [0.2, 0.25) is 0 Å². The Morgan fingerprint density at radius 3 is 2.62 bits per heavy atom. The number of aliphatic hydroxyl groups is 1. The fourth-order valence-electron chi connectivity index (χ4n) is 4.76. The molecule has 5 heteroatoms. The van der Waals surface area contributed by atoms with Gasteiger partial charge >= 0.3 is 5.97 Å². The highest BCUT2D eigenvalue weighted by Crippen LogP contribution is 2.45. The lowest BCUT2D eigenvalue weighted by Gasteiger charge is -2.36. The molecule has 0 aliphatic carbocycles. The number of carbonyl (C=O) groups excluding carboxylic acids is 1. The van der Waals surface area contributed by atoms with Crippen LogP contribution in [0.3, 0.4) is 0 Å². The molecule has 2 aromatic carbocycles. The quantitative estimate of drug-likeness (QED) is 0.644. The Morgan fingerprint density at radius 2 is 1.91 bits per heavy atom. The van der Waals surface area contributed by atoms with Crippen LogP contribution in [0.4, 0.5) is 0 Å². The number of fused-ring (bicyclic) bond motifs is 1. The number of hydrogen-bond donors (Lipinski definition) is 1. The highest BCUT2D eigenvalue weighted by Gasteiger charge is 2.33. The van der Waals surface area contributed by atoms with Gasteiger partial charge in [0.1, 0.15) is 29.8 Å². The second-order valence-electron chi connectivity index (χ2n) is 9.75. The van der Waals surface area contributed by atoms with Crippen LogP contribution in [0.25, 0.3) is 0 Å². The van der Waals surface area contributed by atoms with E-state index in [0.29, 0.717) is 25.9 Å². The van der Waals surface area contributed by atoms with Gasteiger partial charge < -0.3 is 19.3 Å². The van der Waals surface area contributed by atoms with Crippen molar-refractivity contribution in [3.8, 4) is 11.5 Å². The molecule has 1 saturated heterocycles. The maximum atomic E-state index is 11.8. The third kappa shape index (κ3) is 4.93. The molecule has 1 fully saturated rings. The summed E-state index contributed by atoms with van der Waals surface area (Å²) in [4.78, 5) is 11.8. The van der Waals surface area contributed by atoms with Gasteiger partial charge in [-0.05, 0) is 70.1 Å². The standard InChI is InChI=1S/C27H34O5/c1-17-18(2)26-23(12-13-27(3,4)32-26)22(11-10-21-14-20(28)15-24(29)31-21)25(17)30-16-19-8-6-5-7-9-19/h5-9,20-21,28H,10-16H2,1-4H3/t20-,21-/m1/s1. The highest BCUT2D eigenvalue weighted by molar-refractivity contribution is 5.71. The van der Waals surface area contributed by atoms with Crippen LogP contribution in [0.1, 0.15) is 67.3 Å². The van der Waals surface area contributed by atoms with Gasteiger partial charge in [0.15, 0.2) is 0 Å². The van der Waals surface area contributed by atoms with E-state index in [9.17, 15) is 9.90 Å². The van der Waals surface area contributed by atoms with Gasteiger partial charge in [0, 0.05) is 17.5 Å². The minimum atomic E-state index is -0.618. The molecule has 0 aromatic heterocycles. The van der Waals surface area contributed by atoms with Crippen LogP contribution >= 0.6 is 0 Å². The lowest BCUT2D eigenvalue weighted by atomic mass is 9.85. The Labute approximate surface area is 190 Å². The Kier molecular flexibility index (Phi) is 6.47. The summed E-state index contributed by atoms with van der Waals surface area (Å²) >= 11 is 0. The molecule has 1 N–H and O–H groups in total. The van der Waals surface area contributed by atoms with Gasteiger partial charge in [-0.1, -0.05) is 30.3 Å². The number of cyclic esters (lactones) is 1. The van der Waals surface area contributed by atoms with Crippen molar-refractivity contribution in [1.29, 1.82) is 0 Å². The monoisotopic (exact) mass is 438 g/mol. The van der Waals surface area contributed by atoms with Crippen molar-refractivity contribution >= 4 is 5.97 Å². The molecule has 2 aliphatic rings. The number of aliphatic hydroxyl groups excluding tert-OH is 1. The number of hydrogen-bond acceptors (Lipinski definition) is 5. The van der Waals surface area contributed by atoms with Crippen molar-refractivity contribution in [2.75, 3.05) is 0 Å². The van der Waals surface area contributed by atoms with E-state index < -0.39 is 6.10 Å². The summed E-state index contributed by atoms with van der Waals surface area (Å²) in [5.74, 6) is 1.57. The lowest BCUT2D eigenvalue weighted by molar-refractivity contribution is -0.160. The van der Waals surface area contributed by atoms with Gasteiger partial charge in [0.05, 0.1) is 12.5 Å². The van der Waals surface area contributed by atoms with E-state index >= 15 is 0 Å². The molecule has 4 rings (SSSR count). The summed E-state index contributed by atoms with van der Waals surface area (Å²) in [7, 11) is 0. The maximum absolute atomic E-state index is 11.8. The van der Waals surface area contributed by atoms with Gasteiger partial charge in [-0.15, -0.1) is 0 Å². The van der Waals surface area contributed by atoms with E-state index in [1.165, 1.54) is 5.56 Å². The predicted molar refractivity (Wildman–Crippen MR) is 123 cm³/mol. The van der Waals surface area contributed by atoms with Gasteiger partial charge in [0.25, 0.3) is 0 Å². The van der Waals surface area contributed by atoms with Crippen molar-refractivity contribution in [2.24, 2.45) is 0 Å². The summed E-state index contributed by atoms with van der Waals surface area (Å²) in [5.41, 5.74) is 5.49. The van der Waals surface area contributed by atoms with E-state index in [1.807, 2.05) is 18.2 Å². The normalized spacial score (nSPS) is 22.0. The first kappa shape index (κ1) is 22.7. The average Bonchev–Trinajstić information content (AvgIpc) is 2.74. The van der Waals surface area contributed by atoms with Gasteiger partial charge in [-0.25, -0.2) is 0 Å². The van der Waals surface area contributed by atoms with Gasteiger partial charge in [-0.2, -0.15) is 0 Å². The lowest BCUT2D eigenvalue weighted by Crippen LogP contribution is -2.34. The Hall–Kier alpha value is -2.53. The van der Waals surface area contributed by atoms with Crippen LogP contribution in [0.5, 0.6) is 11.5 Å². The molecule has 0 unspecified atom stereocenters. The number of rotatable bonds is 6. The molecule has 5 nitrogen and oxygen atoms in total. The zero-order valence-electron chi connectivity index (χ0n) is 19.6. The molecule has 172 valence electrons. The zero-order chi connectivity index (χ0) is 22.9. The maximum Gasteiger partial charge on any atom is 0.308 e. The minimum Gasteiger partial charge on any atom is -0.488 e. The number of ether oxygens (including phenoxy) is 3. The third-order valence-corrected chi connectivity index (χ3v) is 6.69. The molecular weight excluding hydrogens is 404 g/mol. The predicted octanol–water partition coefficient (Wildman–Crippen LogP) is 4.99. The van der Waals surface area contributed by atoms with Crippen molar-refractivity contribution in [1.82, 2.24) is 0 Å². The van der Waals surface area contributed by atoms with Crippen LogP contribution in [0, 0.1) is 13.8 Å². The zero-order valence-corrected chi connectivity index (χ0v) is 19.6. The smallest absolute Gasteiger partial charge is 0.308 e. The molecular formula is C27H34O5. The summed E-state index contributed by atoms with van der Waals surface area (Å²) < 4.78 is 18.4. The van der Waals surface area contributed by atoms with Gasteiger partial charge in [-0.3, -0.25) is 4.79 Å². The molecule has 0 saturated carbocycles. The largest absolute Gasteiger partial charge is 0.488 e. The van der Waals surface area contributed by atoms with E-state index in [-0.39, 0.29) is 24.1 Å². The van der Waals surface area contributed by atoms with Crippen LogP contribution in [0.15, 0.2) is 30.3 Å². The van der Waals surface area contributed by atoms with Crippen molar-refractivity contribution < 1.29 is 24.1 Å². The summed E-state index contributed by atoms with van der Waals surface area (Å²) in [6, 6.07) is 10.2. The molecule has 2 aliphatic heterocycles. The van der Waals surface area contributed by atoms with Crippen LogP contribution in [-0.2, 0) is 29.0 Å². The molecule has 2 aromatic rings. The van der Waals surface area contributed by atoms with E-state index in [4.69, 9.17) is 14.2 Å².